The molecule has 0 saturated carbocycles. The molecule has 6 nitrogen and oxygen atoms in total. The van der Waals surface area contributed by atoms with Gasteiger partial charge in [-0.15, -0.1) is 0 Å². The van der Waals surface area contributed by atoms with E-state index < -0.39 is 10.5 Å². The summed E-state index contributed by atoms with van der Waals surface area (Å²) >= 11 is 5.79. The molecule has 2 N–H and O–H groups in total. The van der Waals surface area contributed by atoms with Gasteiger partial charge < -0.3 is 15.2 Å². The lowest BCUT2D eigenvalue weighted by atomic mass is 10.0. The molecule has 0 saturated heterocycles. The zero-order chi connectivity index (χ0) is 14.5. The lowest BCUT2D eigenvalue weighted by molar-refractivity contribution is -0.383. The number of benzene rings is 1. The van der Waals surface area contributed by atoms with Crippen molar-refractivity contribution in [1.29, 1.82) is 0 Å². The van der Waals surface area contributed by atoms with Crippen LogP contribution in [0.5, 0.6) is 0 Å². The van der Waals surface area contributed by atoms with Crippen molar-refractivity contribution < 1.29 is 14.8 Å². The smallest absolute Gasteiger partial charge is 0.310 e. The number of nitro benzene ring substituents is 1. The fourth-order valence-electron chi connectivity index (χ4n) is 1.54. The lowest BCUT2D eigenvalue weighted by Crippen LogP contribution is -2.34. The van der Waals surface area contributed by atoms with Crippen LogP contribution in [0.2, 0.25) is 5.02 Å². The van der Waals surface area contributed by atoms with Crippen LogP contribution in [0.1, 0.15) is 13.3 Å². The summed E-state index contributed by atoms with van der Waals surface area (Å²) in [5.41, 5.74) is -0.923. The van der Waals surface area contributed by atoms with E-state index in [-0.39, 0.29) is 22.9 Å². The van der Waals surface area contributed by atoms with Gasteiger partial charge >= 0.3 is 5.69 Å². The largest absolute Gasteiger partial charge is 0.388 e. The van der Waals surface area contributed by atoms with Crippen molar-refractivity contribution in [2.45, 2.75) is 18.9 Å². The van der Waals surface area contributed by atoms with E-state index in [1.165, 1.54) is 6.07 Å². The molecule has 0 aliphatic carbocycles. The predicted octanol–water partition coefficient (Wildman–Crippen LogP) is 2.45. The minimum absolute atomic E-state index is 0.0616. The monoisotopic (exact) mass is 288 g/mol. The van der Waals surface area contributed by atoms with Gasteiger partial charge in [-0.25, -0.2) is 0 Å². The summed E-state index contributed by atoms with van der Waals surface area (Å²) in [6, 6.07) is 4.62. The Kier molecular flexibility index (Phi) is 5.53. The molecular weight excluding hydrogens is 272 g/mol. The Morgan fingerprint density at radius 2 is 2.26 bits per heavy atom. The van der Waals surface area contributed by atoms with E-state index in [1.54, 1.807) is 26.2 Å². The molecule has 106 valence electrons. The maximum absolute atomic E-state index is 10.9. The van der Waals surface area contributed by atoms with Gasteiger partial charge in [-0.05, 0) is 19.1 Å². The Morgan fingerprint density at radius 1 is 1.58 bits per heavy atom. The third-order valence-electron chi connectivity index (χ3n) is 2.67. The number of methoxy groups -OCH3 is 1. The van der Waals surface area contributed by atoms with Gasteiger partial charge in [-0.1, -0.05) is 17.7 Å². The number of rotatable bonds is 7. The van der Waals surface area contributed by atoms with E-state index in [2.05, 4.69) is 5.32 Å². The van der Waals surface area contributed by atoms with E-state index in [9.17, 15) is 15.2 Å². The van der Waals surface area contributed by atoms with Crippen molar-refractivity contribution in [3.8, 4) is 0 Å². The molecular formula is C12H17ClN2O4. The Bertz CT molecular complexity index is 451. The highest BCUT2D eigenvalue weighted by Crippen LogP contribution is 2.32. The molecule has 0 bridgehead atoms. The summed E-state index contributed by atoms with van der Waals surface area (Å²) in [7, 11) is 1.55. The van der Waals surface area contributed by atoms with Crippen molar-refractivity contribution in [1.82, 2.24) is 0 Å². The van der Waals surface area contributed by atoms with Crippen LogP contribution in [0.25, 0.3) is 0 Å². The maximum Gasteiger partial charge on any atom is 0.310 e. The molecule has 0 aromatic heterocycles. The first kappa shape index (κ1) is 15.7. The number of halogens is 1. The number of para-hydroxylation sites is 1. The number of nitro groups is 1. The third-order valence-corrected chi connectivity index (χ3v) is 2.98. The molecule has 0 fully saturated rings. The zero-order valence-corrected chi connectivity index (χ0v) is 11.6. The normalized spacial score (nSPS) is 13.9. The Labute approximate surface area is 116 Å². The fourth-order valence-corrected chi connectivity index (χ4v) is 1.78. The first-order valence-corrected chi connectivity index (χ1v) is 6.13. The molecule has 0 amide bonds. The number of ether oxygens (including phenoxy) is 1. The Morgan fingerprint density at radius 3 is 2.84 bits per heavy atom. The summed E-state index contributed by atoms with van der Waals surface area (Å²) < 4.78 is 4.89. The van der Waals surface area contributed by atoms with Crippen LogP contribution in [-0.2, 0) is 4.74 Å². The van der Waals surface area contributed by atoms with E-state index >= 15 is 0 Å². The summed E-state index contributed by atoms with van der Waals surface area (Å²) in [5, 5.41) is 23.9. The highest BCUT2D eigenvalue weighted by Gasteiger charge is 2.23. The van der Waals surface area contributed by atoms with Gasteiger partial charge in [0, 0.05) is 26.7 Å². The number of nitrogens with zero attached hydrogens (tertiary/aromatic N) is 1. The van der Waals surface area contributed by atoms with Crippen LogP contribution in [0.3, 0.4) is 0 Å². The van der Waals surface area contributed by atoms with Crippen LogP contribution >= 0.6 is 11.6 Å². The standard InChI is InChI=1S/C12H17ClN2O4/c1-12(16,6-7-19-2)8-14-10-5-3-4-9(13)11(10)15(17)18/h3-5,14,16H,6-8H2,1-2H3. The summed E-state index contributed by atoms with van der Waals surface area (Å²) in [5.74, 6) is 0. The highest BCUT2D eigenvalue weighted by atomic mass is 35.5. The highest BCUT2D eigenvalue weighted by molar-refractivity contribution is 6.33. The second-order valence-corrected chi connectivity index (χ2v) is 4.89. The van der Waals surface area contributed by atoms with Crippen molar-refractivity contribution in [3.05, 3.63) is 33.3 Å². The van der Waals surface area contributed by atoms with Crippen molar-refractivity contribution in [2.24, 2.45) is 0 Å². The van der Waals surface area contributed by atoms with Crippen LogP contribution in [0.4, 0.5) is 11.4 Å². The number of hydrogen-bond acceptors (Lipinski definition) is 5. The quantitative estimate of drug-likeness (QED) is 0.594. The Balaban J connectivity index is 2.78. The van der Waals surface area contributed by atoms with Gasteiger partial charge in [0.15, 0.2) is 0 Å². The van der Waals surface area contributed by atoms with Gasteiger partial charge in [0.2, 0.25) is 0 Å². The Hall–Kier alpha value is -1.37. The van der Waals surface area contributed by atoms with Gasteiger partial charge in [-0.3, -0.25) is 10.1 Å². The topological polar surface area (TPSA) is 84.6 Å². The summed E-state index contributed by atoms with van der Waals surface area (Å²) in [6.45, 7) is 2.21. The molecule has 19 heavy (non-hydrogen) atoms. The number of aliphatic hydroxyl groups is 1. The molecule has 1 aromatic rings. The first-order chi connectivity index (χ1) is 8.87. The van der Waals surface area contributed by atoms with E-state index in [0.29, 0.717) is 13.0 Å². The average Bonchev–Trinajstić information content (AvgIpc) is 2.33. The molecule has 1 rings (SSSR count). The molecule has 0 aliphatic rings. The minimum atomic E-state index is -1.02. The van der Waals surface area contributed by atoms with Crippen LogP contribution in [-0.4, -0.2) is 35.9 Å². The summed E-state index contributed by atoms with van der Waals surface area (Å²) in [4.78, 5) is 10.4. The molecule has 0 radical (unpaired) electrons. The molecule has 7 heteroatoms. The van der Waals surface area contributed by atoms with Gasteiger partial charge in [0.25, 0.3) is 0 Å². The average molecular weight is 289 g/mol. The van der Waals surface area contributed by atoms with E-state index in [0.717, 1.165) is 0 Å². The molecule has 0 spiro atoms. The third kappa shape index (κ3) is 4.66. The first-order valence-electron chi connectivity index (χ1n) is 5.75. The predicted molar refractivity (Wildman–Crippen MR) is 73.7 cm³/mol. The molecule has 0 heterocycles. The fraction of sp³-hybridized carbons (Fsp3) is 0.500. The van der Waals surface area contributed by atoms with Crippen molar-refractivity contribution >= 4 is 23.0 Å². The summed E-state index contributed by atoms with van der Waals surface area (Å²) in [6.07, 6.45) is 0.421. The second kappa shape index (κ2) is 6.70. The number of anilines is 1. The van der Waals surface area contributed by atoms with Crippen LogP contribution < -0.4 is 5.32 Å². The molecule has 1 aromatic carbocycles. The molecule has 1 unspecified atom stereocenters. The minimum Gasteiger partial charge on any atom is -0.388 e. The van der Waals surface area contributed by atoms with E-state index in [1.807, 2.05) is 0 Å². The maximum atomic E-state index is 10.9. The molecule has 0 aliphatic heterocycles. The number of nitrogens with one attached hydrogen (secondary N) is 1. The van der Waals surface area contributed by atoms with Crippen LogP contribution in [0, 0.1) is 10.1 Å². The van der Waals surface area contributed by atoms with Gasteiger partial charge in [-0.2, -0.15) is 0 Å². The van der Waals surface area contributed by atoms with E-state index in [4.69, 9.17) is 16.3 Å². The SMILES string of the molecule is COCCC(C)(O)CNc1cccc(Cl)c1[N+](=O)[O-]. The lowest BCUT2D eigenvalue weighted by Gasteiger charge is -2.23. The van der Waals surface area contributed by atoms with Crippen LogP contribution in [0.15, 0.2) is 18.2 Å². The zero-order valence-electron chi connectivity index (χ0n) is 10.9. The second-order valence-electron chi connectivity index (χ2n) is 4.49. The van der Waals surface area contributed by atoms with Gasteiger partial charge in [0.1, 0.15) is 10.7 Å². The number of hydrogen-bond donors (Lipinski definition) is 2. The van der Waals surface area contributed by atoms with Crippen molar-refractivity contribution in [3.63, 3.8) is 0 Å². The van der Waals surface area contributed by atoms with Crippen molar-refractivity contribution in [2.75, 3.05) is 25.6 Å². The molecule has 1 atom stereocenters. The van der Waals surface area contributed by atoms with Gasteiger partial charge in [0.05, 0.1) is 10.5 Å².